The van der Waals surface area contributed by atoms with Crippen LogP contribution in [0.3, 0.4) is 0 Å². The van der Waals surface area contributed by atoms with Crippen molar-refractivity contribution in [3.8, 4) is 0 Å². The molecule has 256 valence electrons. The van der Waals surface area contributed by atoms with E-state index in [1.54, 1.807) is 0 Å². The van der Waals surface area contributed by atoms with Crippen LogP contribution in [0.15, 0.2) is 48.6 Å². The molecule has 0 heterocycles. The van der Waals surface area contributed by atoms with Crippen molar-refractivity contribution in [3.05, 3.63) is 48.6 Å². The molecule has 0 radical (unpaired) electrons. The Hall–Kier alpha value is -1.65. The monoisotopic (exact) mass is 617 g/mol. The lowest BCUT2D eigenvalue weighted by molar-refractivity contribution is -0.154. The quantitative estimate of drug-likeness (QED) is 0.0444. The molecule has 0 aliphatic rings. The predicted octanol–water partition coefficient (Wildman–Crippen LogP) is 11.9. The van der Waals surface area contributed by atoms with Crippen LogP contribution in [-0.2, 0) is 14.3 Å². The average Bonchev–Trinajstić information content (AvgIpc) is 3.03. The van der Waals surface area contributed by atoms with Crippen molar-refractivity contribution in [2.24, 2.45) is 0 Å². The Bertz CT molecular complexity index is 693. The van der Waals surface area contributed by atoms with Gasteiger partial charge in [-0.15, -0.1) is 0 Å². The molecule has 0 aromatic rings. The van der Waals surface area contributed by atoms with Crippen LogP contribution in [0.2, 0.25) is 0 Å². The Morgan fingerprint density at radius 3 is 1.57 bits per heavy atom. The highest BCUT2D eigenvalue weighted by Gasteiger charge is 2.13. The molecule has 1 unspecified atom stereocenters. The molecule has 0 aromatic heterocycles. The Morgan fingerprint density at radius 1 is 0.568 bits per heavy atom. The maximum atomic E-state index is 12.1. The van der Waals surface area contributed by atoms with Crippen molar-refractivity contribution in [1.82, 2.24) is 0 Å². The molecule has 0 aromatic carbocycles. The molecule has 1 N–H and O–H groups in total. The van der Waals surface area contributed by atoms with Gasteiger partial charge in [0.15, 0.2) is 0 Å². The van der Waals surface area contributed by atoms with Crippen LogP contribution in [0.4, 0.5) is 0 Å². The van der Waals surface area contributed by atoms with Crippen LogP contribution in [0.5, 0.6) is 0 Å². The summed E-state index contributed by atoms with van der Waals surface area (Å²) in [6, 6.07) is 0. The van der Waals surface area contributed by atoms with E-state index in [2.05, 4.69) is 62.5 Å². The minimum Gasteiger partial charge on any atom is -0.457 e. The number of rotatable bonds is 34. The fraction of sp³-hybridized carbons (Fsp3) is 0.775. The van der Waals surface area contributed by atoms with Crippen LogP contribution in [0.1, 0.15) is 174 Å². The van der Waals surface area contributed by atoms with E-state index in [4.69, 9.17) is 9.47 Å². The molecule has 0 saturated carbocycles. The van der Waals surface area contributed by atoms with Gasteiger partial charge in [0, 0.05) is 13.0 Å². The van der Waals surface area contributed by atoms with Crippen molar-refractivity contribution < 1.29 is 19.4 Å². The van der Waals surface area contributed by atoms with E-state index in [0.717, 1.165) is 38.5 Å². The smallest absolute Gasteiger partial charge is 0.306 e. The summed E-state index contributed by atoms with van der Waals surface area (Å²) in [6.45, 7) is 5.20. The number of ether oxygens (including phenoxy) is 2. The maximum Gasteiger partial charge on any atom is 0.306 e. The molecular formula is C40H72O4. The zero-order valence-corrected chi connectivity index (χ0v) is 29.2. The second kappa shape index (κ2) is 37.5. The molecule has 0 bridgehead atoms. The molecule has 44 heavy (non-hydrogen) atoms. The largest absolute Gasteiger partial charge is 0.457 e. The summed E-state index contributed by atoms with van der Waals surface area (Å²) in [6.07, 6.45) is 47.2. The SMILES string of the molecule is CC/C=C\C/C=C\C/C=C\CCCCCCCCCCOCC(CO)OC(=O)CCCCCCC/C=C\CCCCCCC. The third-order valence-electron chi connectivity index (χ3n) is 7.89. The first kappa shape index (κ1) is 42.3. The third kappa shape index (κ3) is 34.8. The Kier molecular flexibility index (Phi) is 36.1. The van der Waals surface area contributed by atoms with Gasteiger partial charge in [0.05, 0.1) is 13.2 Å². The van der Waals surface area contributed by atoms with Gasteiger partial charge in [0.2, 0.25) is 0 Å². The average molecular weight is 617 g/mol. The second-order valence-electron chi connectivity index (χ2n) is 12.3. The van der Waals surface area contributed by atoms with Gasteiger partial charge >= 0.3 is 5.97 Å². The number of aliphatic hydroxyl groups is 1. The van der Waals surface area contributed by atoms with Gasteiger partial charge < -0.3 is 14.6 Å². The van der Waals surface area contributed by atoms with Crippen molar-refractivity contribution in [3.63, 3.8) is 0 Å². The lowest BCUT2D eigenvalue weighted by atomic mass is 10.1. The number of aliphatic hydroxyl groups excluding tert-OH is 1. The van der Waals surface area contributed by atoms with Crippen molar-refractivity contribution in [2.45, 2.75) is 180 Å². The zero-order valence-electron chi connectivity index (χ0n) is 29.2. The van der Waals surface area contributed by atoms with E-state index in [0.29, 0.717) is 13.0 Å². The molecule has 0 aliphatic heterocycles. The summed E-state index contributed by atoms with van der Waals surface area (Å²) in [5.41, 5.74) is 0. The fourth-order valence-corrected chi connectivity index (χ4v) is 5.10. The summed E-state index contributed by atoms with van der Waals surface area (Å²) in [5.74, 6) is -0.214. The number of unbranched alkanes of at least 4 members (excludes halogenated alkanes) is 18. The first-order valence-corrected chi connectivity index (χ1v) is 18.7. The standard InChI is InChI=1S/C40H72O4/c1-3-5-7-9-11-13-15-17-19-20-21-22-24-26-28-30-32-34-36-43-38-39(37-41)44-40(42)35-33-31-29-27-25-23-18-16-14-12-10-8-6-4-2/h5,7,11,13,16-19,39,41H,3-4,6,8-10,12,14-15,20-38H2,1-2H3/b7-5-,13-11-,18-16-,19-17-. The predicted molar refractivity (Wildman–Crippen MR) is 191 cm³/mol. The lowest BCUT2D eigenvalue weighted by Crippen LogP contribution is -2.27. The van der Waals surface area contributed by atoms with Gasteiger partial charge in [0.1, 0.15) is 6.10 Å². The van der Waals surface area contributed by atoms with E-state index in [1.807, 2.05) is 0 Å². The first-order valence-electron chi connectivity index (χ1n) is 18.7. The summed E-state index contributed by atoms with van der Waals surface area (Å²) in [5, 5.41) is 9.56. The molecular weight excluding hydrogens is 544 g/mol. The van der Waals surface area contributed by atoms with Crippen molar-refractivity contribution in [2.75, 3.05) is 19.8 Å². The van der Waals surface area contributed by atoms with Crippen molar-refractivity contribution in [1.29, 1.82) is 0 Å². The molecule has 1 atom stereocenters. The number of carbonyl (C=O) groups is 1. The molecule has 0 spiro atoms. The minimum atomic E-state index is -0.541. The van der Waals surface area contributed by atoms with Gasteiger partial charge in [-0.1, -0.05) is 146 Å². The molecule has 0 rings (SSSR count). The lowest BCUT2D eigenvalue weighted by Gasteiger charge is -2.15. The van der Waals surface area contributed by atoms with E-state index in [9.17, 15) is 9.90 Å². The second-order valence-corrected chi connectivity index (χ2v) is 12.3. The number of allylic oxidation sites excluding steroid dienone is 8. The van der Waals surface area contributed by atoms with Crippen LogP contribution < -0.4 is 0 Å². The van der Waals surface area contributed by atoms with Crippen molar-refractivity contribution >= 4 is 5.97 Å². The molecule has 0 aliphatic carbocycles. The van der Waals surface area contributed by atoms with E-state index in [1.165, 1.54) is 116 Å². The van der Waals surface area contributed by atoms with E-state index >= 15 is 0 Å². The Morgan fingerprint density at radius 2 is 1.02 bits per heavy atom. The molecule has 4 nitrogen and oxygen atoms in total. The van der Waals surface area contributed by atoms with Crippen LogP contribution in [0, 0.1) is 0 Å². The molecule has 4 heteroatoms. The summed E-state index contributed by atoms with van der Waals surface area (Å²) in [4.78, 5) is 12.1. The van der Waals surface area contributed by atoms with E-state index in [-0.39, 0.29) is 19.2 Å². The Labute approximate surface area is 273 Å². The highest BCUT2D eigenvalue weighted by Crippen LogP contribution is 2.12. The molecule has 0 fully saturated rings. The van der Waals surface area contributed by atoms with Gasteiger partial charge in [-0.05, 0) is 70.6 Å². The van der Waals surface area contributed by atoms with Crippen LogP contribution >= 0.6 is 0 Å². The van der Waals surface area contributed by atoms with Crippen LogP contribution in [-0.4, -0.2) is 37.0 Å². The summed E-state index contributed by atoms with van der Waals surface area (Å²) < 4.78 is 11.1. The van der Waals surface area contributed by atoms with Gasteiger partial charge in [-0.3, -0.25) is 4.79 Å². The number of hydrogen-bond donors (Lipinski definition) is 1. The van der Waals surface area contributed by atoms with Gasteiger partial charge in [-0.2, -0.15) is 0 Å². The Balaban J connectivity index is 3.47. The highest BCUT2D eigenvalue weighted by molar-refractivity contribution is 5.69. The van der Waals surface area contributed by atoms with Gasteiger partial charge in [0.25, 0.3) is 0 Å². The van der Waals surface area contributed by atoms with Crippen LogP contribution in [0.25, 0.3) is 0 Å². The third-order valence-corrected chi connectivity index (χ3v) is 7.89. The normalized spacial score (nSPS) is 12.9. The fourth-order valence-electron chi connectivity index (χ4n) is 5.10. The highest BCUT2D eigenvalue weighted by atomic mass is 16.6. The zero-order chi connectivity index (χ0) is 32.0. The topological polar surface area (TPSA) is 55.8 Å². The summed E-state index contributed by atoms with van der Waals surface area (Å²) >= 11 is 0. The molecule has 0 amide bonds. The number of carbonyl (C=O) groups excluding carboxylic acids is 1. The number of hydrogen-bond acceptors (Lipinski definition) is 4. The maximum absolute atomic E-state index is 12.1. The number of esters is 1. The first-order chi connectivity index (χ1) is 21.7. The van der Waals surface area contributed by atoms with Gasteiger partial charge in [-0.25, -0.2) is 0 Å². The van der Waals surface area contributed by atoms with E-state index < -0.39 is 6.10 Å². The minimum absolute atomic E-state index is 0.179. The molecule has 0 saturated heterocycles. The summed E-state index contributed by atoms with van der Waals surface area (Å²) in [7, 11) is 0.